The molecule has 6 nitrogen and oxygen atoms in total. The Morgan fingerprint density at radius 1 is 1.03 bits per heavy atom. The number of carbonyl (C=O) groups excluding carboxylic acids is 1. The monoisotopic (exact) mass is 432 g/mol. The van der Waals surface area contributed by atoms with Crippen LogP contribution < -0.4 is 14.2 Å². The normalized spacial score (nSPS) is 15.4. The van der Waals surface area contributed by atoms with Crippen molar-refractivity contribution in [1.82, 2.24) is 9.88 Å². The minimum Gasteiger partial charge on any atom is -0.497 e. The van der Waals surface area contributed by atoms with E-state index in [2.05, 4.69) is 17.1 Å². The van der Waals surface area contributed by atoms with Crippen LogP contribution in [-0.4, -0.2) is 42.6 Å². The lowest BCUT2D eigenvalue weighted by Gasteiger charge is -2.18. The number of likely N-dealkylation sites (tertiary alicyclic amines) is 1. The van der Waals surface area contributed by atoms with Gasteiger partial charge in [0.25, 0.3) is 5.91 Å². The van der Waals surface area contributed by atoms with Crippen LogP contribution in [0, 0.1) is 0 Å². The van der Waals surface area contributed by atoms with Gasteiger partial charge in [0.05, 0.1) is 13.7 Å². The highest BCUT2D eigenvalue weighted by Gasteiger charge is 2.28. The molecule has 0 radical (unpaired) electrons. The van der Waals surface area contributed by atoms with E-state index in [1.54, 1.807) is 25.6 Å². The molecule has 0 N–H and O–H groups in total. The van der Waals surface area contributed by atoms with E-state index in [9.17, 15) is 4.79 Å². The summed E-state index contributed by atoms with van der Waals surface area (Å²) in [5, 5.41) is 0. The number of carbonyl (C=O) groups is 1. The first-order valence-electron chi connectivity index (χ1n) is 10.9. The van der Waals surface area contributed by atoms with Crippen LogP contribution in [0.2, 0.25) is 0 Å². The van der Waals surface area contributed by atoms with E-state index in [1.807, 2.05) is 48.2 Å². The van der Waals surface area contributed by atoms with Gasteiger partial charge in [0.15, 0.2) is 11.5 Å². The zero-order valence-corrected chi connectivity index (χ0v) is 18.5. The van der Waals surface area contributed by atoms with E-state index in [0.717, 1.165) is 24.3 Å². The third-order valence-corrected chi connectivity index (χ3v) is 5.70. The molecule has 1 aliphatic heterocycles. The highest BCUT2D eigenvalue weighted by Crippen LogP contribution is 2.32. The lowest BCUT2D eigenvalue weighted by Crippen LogP contribution is -2.28. The molecule has 1 aliphatic rings. The van der Waals surface area contributed by atoms with E-state index >= 15 is 0 Å². The Bertz CT molecular complexity index is 1040. The number of nitrogens with zero attached hydrogens (tertiary/aromatic N) is 2. The Morgan fingerprint density at radius 3 is 2.53 bits per heavy atom. The first kappa shape index (κ1) is 21.7. The lowest BCUT2D eigenvalue weighted by atomic mass is 9.98. The van der Waals surface area contributed by atoms with Gasteiger partial charge < -0.3 is 19.1 Å². The Labute approximate surface area is 188 Å². The van der Waals surface area contributed by atoms with E-state index in [4.69, 9.17) is 14.2 Å². The molecule has 4 rings (SSSR count). The van der Waals surface area contributed by atoms with Gasteiger partial charge in [0, 0.05) is 37.0 Å². The van der Waals surface area contributed by atoms with Gasteiger partial charge in [-0.1, -0.05) is 12.1 Å². The van der Waals surface area contributed by atoms with Gasteiger partial charge in [0.1, 0.15) is 12.4 Å². The van der Waals surface area contributed by atoms with Crippen LogP contribution in [0.4, 0.5) is 0 Å². The third kappa shape index (κ3) is 5.02. The summed E-state index contributed by atoms with van der Waals surface area (Å²) >= 11 is 0. The lowest BCUT2D eigenvalue weighted by molar-refractivity contribution is 0.0790. The smallest absolute Gasteiger partial charge is 0.254 e. The SMILES string of the molecule is CCOc1cc(C(=O)N2CCC(c3ccc(OC)cc3)C2)ccc1OCc1ccncc1. The first-order chi connectivity index (χ1) is 15.7. The molecule has 0 spiro atoms. The van der Waals surface area contributed by atoms with Gasteiger partial charge in [-0.3, -0.25) is 9.78 Å². The zero-order chi connectivity index (χ0) is 22.3. The Kier molecular flexibility index (Phi) is 6.90. The summed E-state index contributed by atoms with van der Waals surface area (Å²) in [5.74, 6) is 2.40. The van der Waals surface area contributed by atoms with Crippen LogP contribution in [0.1, 0.15) is 40.7 Å². The van der Waals surface area contributed by atoms with Crippen LogP contribution >= 0.6 is 0 Å². The molecule has 1 atom stereocenters. The molecule has 6 heteroatoms. The first-order valence-corrected chi connectivity index (χ1v) is 10.9. The van der Waals surface area contributed by atoms with Gasteiger partial charge in [0.2, 0.25) is 0 Å². The second kappa shape index (κ2) is 10.2. The van der Waals surface area contributed by atoms with Crippen LogP contribution in [-0.2, 0) is 6.61 Å². The van der Waals surface area contributed by atoms with Crippen molar-refractivity contribution in [2.75, 3.05) is 26.8 Å². The molecule has 0 aliphatic carbocycles. The molecule has 1 aromatic heterocycles. The Hall–Kier alpha value is -3.54. The summed E-state index contributed by atoms with van der Waals surface area (Å²) in [6.45, 7) is 4.26. The van der Waals surface area contributed by atoms with Crippen LogP contribution in [0.3, 0.4) is 0 Å². The fraction of sp³-hybridized carbons (Fsp3) is 0.308. The highest BCUT2D eigenvalue weighted by atomic mass is 16.5. The van der Waals surface area contributed by atoms with Gasteiger partial charge in [-0.05, 0) is 66.9 Å². The molecule has 0 bridgehead atoms. The van der Waals surface area contributed by atoms with E-state index in [-0.39, 0.29) is 5.91 Å². The predicted molar refractivity (Wildman–Crippen MR) is 122 cm³/mol. The Balaban J connectivity index is 1.44. The summed E-state index contributed by atoms with van der Waals surface area (Å²) < 4.78 is 17.0. The summed E-state index contributed by atoms with van der Waals surface area (Å²) in [4.78, 5) is 19.1. The summed E-state index contributed by atoms with van der Waals surface area (Å²) in [7, 11) is 1.66. The van der Waals surface area contributed by atoms with Crippen molar-refractivity contribution < 1.29 is 19.0 Å². The molecule has 3 aromatic rings. The zero-order valence-electron chi connectivity index (χ0n) is 18.5. The Morgan fingerprint density at radius 2 is 1.81 bits per heavy atom. The van der Waals surface area contributed by atoms with Crippen molar-refractivity contribution in [2.24, 2.45) is 0 Å². The minimum atomic E-state index is 0.0163. The van der Waals surface area contributed by atoms with Crippen molar-refractivity contribution in [3.05, 3.63) is 83.7 Å². The fourth-order valence-corrected chi connectivity index (χ4v) is 3.94. The molecule has 0 saturated carbocycles. The summed E-state index contributed by atoms with van der Waals surface area (Å²) in [6.07, 6.45) is 4.42. The maximum atomic E-state index is 13.2. The third-order valence-electron chi connectivity index (χ3n) is 5.70. The van der Waals surface area contributed by atoms with Crippen LogP contribution in [0.15, 0.2) is 67.0 Å². The van der Waals surface area contributed by atoms with E-state index < -0.39 is 0 Å². The quantitative estimate of drug-likeness (QED) is 0.516. The van der Waals surface area contributed by atoms with Crippen LogP contribution in [0.25, 0.3) is 0 Å². The van der Waals surface area contributed by atoms with Crippen LogP contribution in [0.5, 0.6) is 17.2 Å². The number of pyridine rings is 1. The predicted octanol–water partition coefficient (Wildman–Crippen LogP) is 4.70. The maximum Gasteiger partial charge on any atom is 0.254 e. The number of hydrogen-bond acceptors (Lipinski definition) is 5. The molecular weight excluding hydrogens is 404 g/mol. The maximum absolute atomic E-state index is 13.2. The van der Waals surface area contributed by atoms with Crippen molar-refractivity contribution in [3.63, 3.8) is 0 Å². The molecule has 32 heavy (non-hydrogen) atoms. The fourth-order valence-electron chi connectivity index (χ4n) is 3.94. The van der Waals surface area contributed by atoms with Crippen molar-refractivity contribution in [2.45, 2.75) is 25.9 Å². The molecule has 1 fully saturated rings. The number of ether oxygens (including phenoxy) is 3. The van der Waals surface area contributed by atoms with E-state index in [0.29, 0.717) is 42.7 Å². The second-order valence-corrected chi connectivity index (χ2v) is 7.75. The standard InChI is InChI=1S/C26H28N2O4/c1-3-31-25-16-21(6-9-24(25)32-18-19-10-13-27-14-11-19)26(29)28-15-12-22(17-28)20-4-7-23(30-2)8-5-20/h4-11,13-14,16,22H,3,12,15,17-18H2,1-2H3. The van der Waals surface area contributed by atoms with E-state index in [1.165, 1.54) is 5.56 Å². The second-order valence-electron chi connectivity index (χ2n) is 7.75. The van der Waals surface area contributed by atoms with Gasteiger partial charge in [-0.15, -0.1) is 0 Å². The minimum absolute atomic E-state index is 0.0163. The van der Waals surface area contributed by atoms with Gasteiger partial charge >= 0.3 is 0 Å². The summed E-state index contributed by atoms with van der Waals surface area (Å²) in [6, 6.07) is 17.3. The van der Waals surface area contributed by atoms with Gasteiger partial charge in [-0.2, -0.15) is 0 Å². The number of aromatic nitrogens is 1. The average Bonchev–Trinajstić information content (AvgIpc) is 3.34. The molecule has 166 valence electrons. The topological polar surface area (TPSA) is 60.9 Å². The van der Waals surface area contributed by atoms with Gasteiger partial charge in [-0.25, -0.2) is 0 Å². The number of amides is 1. The number of rotatable bonds is 8. The number of hydrogen-bond donors (Lipinski definition) is 0. The molecule has 1 unspecified atom stereocenters. The molecular formula is C26H28N2O4. The molecule has 2 heterocycles. The van der Waals surface area contributed by atoms with Crippen molar-refractivity contribution in [3.8, 4) is 17.2 Å². The molecule has 2 aromatic carbocycles. The summed E-state index contributed by atoms with van der Waals surface area (Å²) in [5.41, 5.74) is 2.86. The molecule has 1 amide bonds. The average molecular weight is 433 g/mol. The van der Waals surface area contributed by atoms with Crippen molar-refractivity contribution >= 4 is 5.91 Å². The van der Waals surface area contributed by atoms with Crippen molar-refractivity contribution in [1.29, 1.82) is 0 Å². The molecule has 1 saturated heterocycles. The number of methoxy groups -OCH3 is 1. The highest BCUT2D eigenvalue weighted by molar-refractivity contribution is 5.95. The largest absolute Gasteiger partial charge is 0.497 e. The number of benzene rings is 2.